The van der Waals surface area contributed by atoms with E-state index in [1.807, 2.05) is 19.2 Å². The molecule has 6 heteroatoms. The molecule has 1 aliphatic heterocycles. The highest BCUT2D eigenvalue weighted by Gasteiger charge is 2.48. The summed E-state index contributed by atoms with van der Waals surface area (Å²) >= 11 is 0. The van der Waals surface area contributed by atoms with Crippen LogP contribution in [0.5, 0.6) is 0 Å². The average Bonchev–Trinajstić information content (AvgIpc) is 3.16. The summed E-state index contributed by atoms with van der Waals surface area (Å²) < 4.78 is 1.68. The van der Waals surface area contributed by atoms with Crippen LogP contribution in [0.15, 0.2) is 65.7 Å². The van der Waals surface area contributed by atoms with Gasteiger partial charge in [-0.15, -0.1) is 0 Å². The Balaban J connectivity index is 1.36. The Labute approximate surface area is 195 Å². The molecule has 1 saturated carbocycles. The Hall–Kier alpha value is -2.99. The number of benzene rings is 1. The molecule has 2 aromatic heterocycles. The zero-order chi connectivity index (χ0) is 23.0. The third kappa shape index (κ3) is 4.20. The smallest absolute Gasteiger partial charge is 0.255 e. The summed E-state index contributed by atoms with van der Waals surface area (Å²) in [4.78, 5) is 26.7. The van der Waals surface area contributed by atoms with Crippen LogP contribution in [0.3, 0.4) is 0 Å². The van der Waals surface area contributed by atoms with E-state index >= 15 is 0 Å². The number of rotatable bonds is 5. The molecule has 1 aromatic carbocycles. The normalized spacial score (nSPS) is 25.1. The molecule has 2 fully saturated rings. The minimum Gasteiger partial charge on any atom is -0.342 e. The lowest BCUT2D eigenvalue weighted by atomic mass is 9.69. The first-order valence-corrected chi connectivity index (χ1v) is 11.9. The SMILES string of the molecule is CN(c1nc(-c2ccncc2)cc(=O)n1C)[C@H]1CC[C@H]2N(Cc3ccccc3)CC[C@@]2(C)C1. The van der Waals surface area contributed by atoms with E-state index < -0.39 is 0 Å². The van der Waals surface area contributed by atoms with E-state index in [0.29, 0.717) is 17.8 Å². The fourth-order valence-electron chi connectivity index (χ4n) is 5.94. The first-order valence-electron chi connectivity index (χ1n) is 11.9. The summed E-state index contributed by atoms with van der Waals surface area (Å²) in [6.45, 7) is 4.65. The molecule has 0 N–H and O–H groups in total. The van der Waals surface area contributed by atoms with Gasteiger partial charge in [0.05, 0.1) is 5.69 Å². The van der Waals surface area contributed by atoms with Crippen molar-refractivity contribution in [2.24, 2.45) is 12.5 Å². The molecular weight excluding hydrogens is 410 g/mol. The fourth-order valence-corrected chi connectivity index (χ4v) is 5.94. The third-order valence-corrected chi connectivity index (χ3v) is 7.87. The van der Waals surface area contributed by atoms with Gasteiger partial charge >= 0.3 is 0 Å². The van der Waals surface area contributed by atoms with Gasteiger partial charge in [0.25, 0.3) is 5.56 Å². The number of hydrogen-bond donors (Lipinski definition) is 0. The maximum atomic E-state index is 12.8. The zero-order valence-electron chi connectivity index (χ0n) is 19.8. The van der Waals surface area contributed by atoms with Crippen LogP contribution in [-0.2, 0) is 13.6 Å². The maximum absolute atomic E-state index is 12.8. The summed E-state index contributed by atoms with van der Waals surface area (Å²) in [5.41, 5.74) is 3.27. The number of pyridine rings is 1. The van der Waals surface area contributed by atoms with Crippen LogP contribution in [0.25, 0.3) is 11.3 Å². The molecule has 33 heavy (non-hydrogen) atoms. The summed E-state index contributed by atoms with van der Waals surface area (Å²) in [7, 11) is 3.92. The van der Waals surface area contributed by atoms with Crippen LogP contribution in [0.2, 0.25) is 0 Å². The number of fused-ring (bicyclic) bond motifs is 1. The van der Waals surface area contributed by atoms with Gasteiger partial charge in [-0.3, -0.25) is 19.2 Å². The maximum Gasteiger partial charge on any atom is 0.255 e. The van der Waals surface area contributed by atoms with E-state index in [-0.39, 0.29) is 11.0 Å². The van der Waals surface area contributed by atoms with Crippen molar-refractivity contribution in [2.75, 3.05) is 18.5 Å². The van der Waals surface area contributed by atoms with Crippen molar-refractivity contribution >= 4 is 5.95 Å². The van der Waals surface area contributed by atoms with Gasteiger partial charge in [-0.1, -0.05) is 37.3 Å². The van der Waals surface area contributed by atoms with Crippen molar-refractivity contribution in [3.05, 3.63) is 76.8 Å². The van der Waals surface area contributed by atoms with Crippen LogP contribution < -0.4 is 10.5 Å². The van der Waals surface area contributed by atoms with E-state index in [9.17, 15) is 4.79 Å². The van der Waals surface area contributed by atoms with Gasteiger partial charge in [-0.05, 0) is 55.3 Å². The highest BCUT2D eigenvalue weighted by Crippen LogP contribution is 2.48. The monoisotopic (exact) mass is 443 g/mol. The van der Waals surface area contributed by atoms with Crippen molar-refractivity contribution in [1.29, 1.82) is 0 Å². The van der Waals surface area contributed by atoms with Crippen LogP contribution in [-0.4, -0.2) is 45.1 Å². The van der Waals surface area contributed by atoms with E-state index in [4.69, 9.17) is 4.98 Å². The van der Waals surface area contributed by atoms with E-state index in [0.717, 1.165) is 37.4 Å². The lowest BCUT2D eigenvalue weighted by Gasteiger charge is -2.46. The summed E-state index contributed by atoms with van der Waals surface area (Å²) in [5.74, 6) is 0.737. The second-order valence-electron chi connectivity index (χ2n) is 10.00. The Morgan fingerprint density at radius 3 is 2.64 bits per heavy atom. The molecule has 0 bridgehead atoms. The van der Waals surface area contributed by atoms with Crippen molar-refractivity contribution in [3.63, 3.8) is 0 Å². The minimum absolute atomic E-state index is 0.0338. The molecule has 3 aromatic rings. The molecule has 0 spiro atoms. The van der Waals surface area contributed by atoms with Crippen LogP contribution in [0.4, 0.5) is 5.95 Å². The van der Waals surface area contributed by atoms with Gasteiger partial charge in [-0.25, -0.2) is 4.98 Å². The highest BCUT2D eigenvalue weighted by molar-refractivity contribution is 5.59. The Morgan fingerprint density at radius 1 is 1.12 bits per heavy atom. The number of hydrogen-bond acceptors (Lipinski definition) is 5. The van der Waals surface area contributed by atoms with Crippen LogP contribution in [0, 0.1) is 5.41 Å². The third-order valence-electron chi connectivity index (χ3n) is 7.87. The second-order valence-corrected chi connectivity index (χ2v) is 10.00. The topological polar surface area (TPSA) is 54.3 Å². The molecule has 6 nitrogen and oxygen atoms in total. The molecule has 1 aliphatic carbocycles. The standard InChI is InChI=1S/C27H33N5O/c1-27-13-16-32(19-20-7-5-4-6-8-20)24(27)10-9-22(18-27)30(2)26-29-23(17-25(33)31(26)3)21-11-14-28-15-12-21/h4-8,11-12,14-15,17,22,24H,9-10,13,16,18-19H2,1-3H3/t22-,24+,27-/m0/s1. The van der Waals surface area contributed by atoms with Crippen molar-refractivity contribution in [3.8, 4) is 11.3 Å². The molecule has 0 unspecified atom stereocenters. The predicted molar refractivity (Wildman–Crippen MR) is 132 cm³/mol. The number of likely N-dealkylation sites (tertiary alicyclic amines) is 1. The lowest BCUT2D eigenvalue weighted by molar-refractivity contribution is 0.0992. The minimum atomic E-state index is -0.0338. The number of anilines is 1. The number of aromatic nitrogens is 3. The van der Waals surface area contributed by atoms with Gasteiger partial charge in [0.2, 0.25) is 5.95 Å². The number of nitrogens with zero attached hydrogens (tertiary/aromatic N) is 5. The molecule has 0 amide bonds. The van der Waals surface area contributed by atoms with Gasteiger partial charge < -0.3 is 4.90 Å². The molecule has 1 saturated heterocycles. The highest BCUT2D eigenvalue weighted by atomic mass is 16.1. The van der Waals surface area contributed by atoms with Crippen molar-refractivity contribution in [2.45, 2.75) is 51.2 Å². The summed E-state index contributed by atoms with van der Waals surface area (Å²) in [6.07, 6.45) is 8.10. The van der Waals surface area contributed by atoms with Gasteiger partial charge in [0, 0.05) is 56.7 Å². The molecule has 0 radical (unpaired) electrons. The quantitative estimate of drug-likeness (QED) is 0.594. The Bertz CT molecular complexity index is 1160. The molecular formula is C27H33N5O. The molecule has 3 atom stereocenters. The zero-order valence-corrected chi connectivity index (χ0v) is 19.8. The molecule has 3 heterocycles. The van der Waals surface area contributed by atoms with Gasteiger partial charge in [0.15, 0.2) is 0 Å². The van der Waals surface area contributed by atoms with E-state index in [2.05, 4.69) is 59.1 Å². The average molecular weight is 444 g/mol. The van der Waals surface area contributed by atoms with E-state index in [1.165, 1.54) is 18.4 Å². The van der Waals surface area contributed by atoms with Gasteiger partial charge in [0.1, 0.15) is 0 Å². The summed E-state index contributed by atoms with van der Waals surface area (Å²) in [6, 6.07) is 17.2. The van der Waals surface area contributed by atoms with Crippen molar-refractivity contribution < 1.29 is 0 Å². The Morgan fingerprint density at radius 2 is 1.88 bits per heavy atom. The predicted octanol–water partition coefficient (Wildman–Crippen LogP) is 4.11. The van der Waals surface area contributed by atoms with Crippen LogP contribution in [0.1, 0.15) is 38.2 Å². The second kappa shape index (κ2) is 8.75. The largest absolute Gasteiger partial charge is 0.342 e. The molecule has 172 valence electrons. The lowest BCUT2D eigenvalue weighted by Crippen LogP contribution is -2.49. The van der Waals surface area contributed by atoms with Crippen molar-refractivity contribution in [1.82, 2.24) is 19.4 Å². The van der Waals surface area contributed by atoms with E-state index in [1.54, 1.807) is 23.0 Å². The molecule has 5 rings (SSSR count). The first-order chi connectivity index (χ1) is 15.9. The first kappa shape index (κ1) is 21.8. The van der Waals surface area contributed by atoms with Gasteiger partial charge in [-0.2, -0.15) is 0 Å². The van der Waals surface area contributed by atoms with Crippen LogP contribution >= 0.6 is 0 Å². The Kier molecular flexibility index (Phi) is 5.79. The summed E-state index contributed by atoms with van der Waals surface area (Å²) in [5, 5.41) is 0. The molecule has 2 aliphatic rings. The fraction of sp³-hybridized carbons (Fsp3) is 0.444.